The number of carboxylic acids is 2. The van der Waals surface area contributed by atoms with Crippen LogP contribution >= 0.6 is 0 Å². The molecule has 0 bridgehead atoms. The van der Waals surface area contributed by atoms with Gasteiger partial charge in [-0.2, -0.15) is 0 Å². The highest BCUT2D eigenvalue weighted by Gasteiger charge is 2.38. The number of fused-ring (bicyclic) bond motifs is 2. The smallest absolute Gasteiger partial charge is 0.321 e. The van der Waals surface area contributed by atoms with Crippen LogP contribution < -0.4 is 19.3 Å². The highest BCUT2D eigenvalue weighted by molar-refractivity contribution is 5.99. The fraction of sp³-hybridized carbons (Fsp3) is 0.364. The Morgan fingerprint density at radius 1 is 0.603 bits per heavy atom. The number of nitrogens with zero attached hydrogens (tertiary/aromatic N) is 4. The SMILES string of the molecule is Cc1c(-c2ccc3c(c2)OCC(=O)N3CCN2C[C@H](O)C[C@H]2C(=O)O)cccc1-c1cccc(-c2ccc3c(c2)OCC(=O)N3CCN2C[C@H](O)C[C@H]2C(=O)O)c1C. The largest absolute Gasteiger partial charge is 0.482 e. The van der Waals surface area contributed by atoms with Gasteiger partial charge in [0.1, 0.15) is 23.6 Å². The number of carbonyl (C=O) groups is 4. The number of likely N-dealkylation sites (tertiary alicyclic amines) is 2. The summed E-state index contributed by atoms with van der Waals surface area (Å²) in [4.78, 5) is 56.1. The van der Waals surface area contributed by atoms with Gasteiger partial charge in [0.05, 0.1) is 23.6 Å². The lowest BCUT2D eigenvalue weighted by molar-refractivity contribution is -0.143. The molecule has 2 fully saturated rings. The fourth-order valence-electron chi connectivity index (χ4n) is 8.94. The van der Waals surface area contributed by atoms with Crippen LogP contribution in [0.25, 0.3) is 33.4 Å². The Hall–Kier alpha value is -5.80. The van der Waals surface area contributed by atoms with Crippen molar-refractivity contribution < 1.29 is 49.1 Å². The molecule has 0 aliphatic carbocycles. The van der Waals surface area contributed by atoms with Crippen LogP contribution in [-0.4, -0.2) is 131 Å². The first-order valence-corrected chi connectivity index (χ1v) is 19.5. The summed E-state index contributed by atoms with van der Waals surface area (Å²) in [5, 5.41) is 39.4. The van der Waals surface area contributed by atoms with Gasteiger partial charge in [0.15, 0.2) is 13.2 Å². The summed E-state index contributed by atoms with van der Waals surface area (Å²) in [6.45, 7) is 5.52. The van der Waals surface area contributed by atoms with Crippen LogP contribution in [-0.2, 0) is 19.2 Å². The van der Waals surface area contributed by atoms with Crippen LogP contribution in [0.4, 0.5) is 11.4 Å². The highest BCUT2D eigenvalue weighted by Crippen LogP contribution is 2.42. The molecule has 2 saturated heterocycles. The topological polar surface area (TPSA) is 181 Å². The third kappa shape index (κ3) is 7.39. The Balaban J connectivity index is 1.02. The lowest BCUT2D eigenvalue weighted by Crippen LogP contribution is -2.45. The van der Waals surface area contributed by atoms with Crippen molar-refractivity contribution in [2.45, 2.75) is 51.0 Å². The molecule has 4 aliphatic rings. The normalized spacial score (nSPS) is 22.1. The van der Waals surface area contributed by atoms with E-state index < -0.39 is 36.2 Å². The number of anilines is 2. The van der Waals surface area contributed by atoms with E-state index in [0.717, 1.165) is 44.5 Å². The summed E-state index contributed by atoms with van der Waals surface area (Å²) in [5.74, 6) is -1.28. The van der Waals surface area contributed by atoms with Gasteiger partial charge in [-0.05, 0) is 82.6 Å². The fourth-order valence-corrected chi connectivity index (χ4v) is 8.94. The Kier molecular flexibility index (Phi) is 10.7. The Morgan fingerprint density at radius 3 is 1.40 bits per heavy atom. The van der Waals surface area contributed by atoms with E-state index in [1.807, 2.05) is 48.5 Å². The lowest BCUT2D eigenvalue weighted by atomic mass is 9.88. The summed E-state index contributed by atoms with van der Waals surface area (Å²) >= 11 is 0. The molecule has 14 heteroatoms. The molecule has 4 atom stereocenters. The standard InChI is InChI=1S/C44H46N4O10/c1-25-31(27-9-11-35-39(17-27)57-23-41(51)47(35)15-13-45-21-29(49)19-37(45)43(53)54)5-3-7-33(25)34-8-4-6-32(26(34)2)28-10-12-36-40(18-28)58-24-42(52)48(36)16-14-46-22-30(50)20-38(46)44(55)56/h3-12,17-18,29-30,37-38,49-50H,13-16,19-24H2,1-2H3,(H,53,54)(H,55,56)/t29-,30-,37+,38+/m1/s1. The molecule has 2 amide bonds. The quantitative estimate of drug-likeness (QED) is 0.173. The van der Waals surface area contributed by atoms with Crippen LogP contribution in [0.1, 0.15) is 24.0 Å². The van der Waals surface area contributed by atoms with Gasteiger partial charge in [0.25, 0.3) is 11.8 Å². The van der Waals surface area contributed by atoms with E-state index >= 15 is 0 Å². The van der Waals surface area contributed by atoms with E-state index in [2.05, 4.69) is 38.1 Å². The third-order valence-electron chi connectivity index (χ3n) is 11.9. The molecule has 4 aromatic rings. The summed E-state index contributed by atoms with van der Waals surface area (Å²) in [5.41, 5.74) is 9.26. The molecule has 14 nitrogen and oxygen atoms in total. The third-order valence-corrected chi connectivity index (χ3v) is 11.9. The molecule has 302 valence electrons. The molecule has 0 spiro atoms. The number of β-amino-alcohol motifs (C(OH)–C–C–N with tert-alkyl or cyclic N) is 2. The van der Waals surface area contributed by atoms with E-state index in [4.69, 9.17) is 9.47 Å². The maximum absolute atomic E-state index is 13.0. The van der Waals surface area contributed by atoms with Crippen LogP contribution in [0.15, 0.2) is 72.8 Å². The lowest BCUT2D eigenvalue weighted by Gasteiger charge is -2.32. The molecule has 4 N–H and O–H groups in total. The number of amides is 2. The monoisotopic (exact) mass is 790 g/mol. The van der Waals surface area contributed by atoms with Gasteiger partial charge in [0, 0.05) is 52.1 Å². The number of hydrogen-bond acceptors (Lipinski definition) is 10. The van der Waals surface area contributed by atoms with Crippen molar-refractivity contribution in [3.8, 4) is 44.9 Å². The van der Waals surface area contributed by atoms with E-state index in [-0.39, 0.29) is 64.0 Å². The van der Waals surface area contributed by atoms with Crippen molar-refractivity contribution in [1.29, 1.82) is 0 Å². The molecule has 0 radical (unpaired) electrons. The molecule has 4 aliphatic heterocycles. The van der Waals surface area contributed by atoms with Gasteiger partial charge in [0.2, 0.25) is 0 Å². The molecule has 0 unspecified atom stereocenters. The summed E-state index contributed by atoms with van der Waals surface area (Å²) in [6.07, 6.45) is -1.11. The second-order valence-electron chi connectivity index (χ2n) is 15.5. The minimum absolute atomic E-state index is 0.134. The maximum atomic E-state index is 13.0. The summed E-state index contributed by atoms with van der Waals surface area (Å²) < 4.78 is 11.8. The first-order valence-electron chi connectivity index (χ1n) is 19.5. The zero-order valence-electron chi connectivity index (χ0n) is 32.3. The van der Waals surface area contributed by atoms with E-state index in [0.29, 0.717) is 36.0 Å². The van der Waals surface area contributed by atoms with E-state index in [1.165, 1.54) is 0 Å². The summed E-state index contributed by atoms with van der Waals surface area (Å²) in [7, 11) is 0. The number of hydrogen-bond donors (Lipinski definition) is 4. The average Bonchev–Trinajstić information content (AvgIpc) is 3.78. The minimum atomic E-state index is -0.985. The Morgan fingerprint density at radius 2 is 1.00 bits per heavy atom. The van der Waals surface area contributed by atoms with Crippen molar-refractivity contribution in [1.82, 2.24) is 9.80 Å². The van der Waals surface area contributed by atoms with Crippen LogP contribution in [0.2, 0.25) is 0 Å². The van der Waals surface area contributed by atoms with E-state index in [1.54, 1.807) is 19.6 Å². The van der Waals surface area contributed by atoms with Crippen molar-refractivity contribution in [3.05, 3.63) is 83.9 Å². The Bertz CT molecular complexity index is 2140. The van der Waals surface area contributed by atoms with Gasteiger partial charge in [-0.1, -0.05) is 48.5 Å². The van der Waals surface area contributed by atoms with Crippen molar-refractivity contribution in [2.24, 2.45) is 0 Å². The molecule has 4 aromatic carbocycles. The number of rotatable bonds is 11. The number of aliphatic hydroxyl groups excluding tert-OH is 2. The van der Waals surface area contributed by atoms with Crippen LogP contribution in [0.3, 0.4) is 0 Å². The second kappa shape index (κ2) is 15.9. The highest BCUT2D eigenvalue weighted by atomic mass is 16.5. The first-order chi connectivity index (χ1) is 27.9. The predicted molar refractivity (Wildman–Crippen MR) is 215 cm³/mol. The maximum Gasteiger partial charge on any atom is 0.321 e. The van der Waals surface area contributed by atoms with Gasteiger partial charge >= 0.3 is 11.9 Å². The molecular weight excluding hydrogens is 745 g/mol. The minimum Gasteiger partial charge on any atom is -0.482 e. The number of aliphatic hydroxyl groups is 2. The van der Waals surface area contributed by atoms with Gasteiger partial charge < -0.3 is 39.7 Å². The van der Waals surface area contributed by atoms with E-state index in [9.17, 15) is 39.6 Å². The molecule has 8 rings (SSSR count). The summed E-state index contributed by atoms with van der Waals surface area (Å²) in [6, 6.07) is 22.3. The van der Waals surface area contributed by atoms with Crippen LogP contribution in [0, 0.1) is 13.8 Å². The van der Waals surface area contributed by atoms with Crippen molar-refractivity contribution >= 4 is 35.1 Å². The number of carbonyl (C=O) groups excluding carboxylic acids is 2. The zero-order chi connectivity index (χ0) is 40.8. The number of benzene rings is 4. The zero-order valence-corrected chi connectivity index (χ0v) is 32.3. The molecule has 4 heterocycles. The van der Waals surface area contributed by atoms with Gasteiger partial charge in [-0.15, -0.1) is 0 Å². The molecule has 0 saturated carbocycles. The number of aliphatic carboxylic acids is 2. The van der Waals surface area contributed by atoms with Crippen molar-refractivity contribution in [3.63, 3.8) is 0 Å². The number of ether oxygens (including phenoxy) is 2. The average molecular weight is 791 g/mol. The van der Waals surface area contributed by atoms with Gasteiger partial charge in [-0.25, -0.2) is 0 Å². The first kappa shape index (κ1) is 39.0. The Labute approximate surface area is 335 Å². The van der Waals surface area contributed by atoms with Gasteiger partial charge in [-0.3, -0.25) is 29.0 Å². The predicted octanol–water partition coefficient (Wildman–Crippen LogP) is 3.79. The second-order valence-corrected chi connectivity index (χ2v) is 15.5. The molecule has 0 aromatic heterocycles. The number of carboxylic acid groups (broad SMARTS) is 2. The van der Waals surface area contributed by atoms with Crippen LogP contribution in [0.5, 0.6) is 11.5 Å². The van der Waals surface area contributed by atoms with Crippen molar-refractivity contribution in [2.75, 3.05) is 62.3 Å². The molecule has 58 heavy (non-hydrogen) atoms. The molecular formula is C44H46N4O10.